The predicted molar refractivity (Wildman–Crippen MR) is 84.7 cm³/mol. The smallest absolute Gasteiger partial charge is 0.122 e. The molecule has 3 nitrogen and oxygen atoms in total. The van der Waals surface area contributed by atoms with Crippen molar-refractivity contribution in [1.82, 2.24) is 9.80 Å². The van der Waals surface area contributed by atoms with Crippen LogP contribution in [0.15, 0.2) is 30.3 Å². The third-order valence-electron chi connectivity index (χ3n) is 4.97. The first-order valence-corrected chi connectivity index (χ1v) is 8.25. The molecule has 3 rings (SSSR count). The van der Waals surface area contributed by atoms with Crippen LogP contribution in [0.25, 0.3) is 0 Å². The monoisotopic (exact) mass is 283 g/mol. The van der Waals surface area contributed by atoms with E-state index in [1.165, 1.54) is 24.8 Å². The van der Waals surface area contributed by atoms with Crippen molar-refractivity contribution in [3.63, 3.8) is 0 Å². The third-order valence-corrected chi connectivity index (χ3v) is 4.97. The van der Waals surface area contributed by atoms with E-state index in [1.54, 1.807) is 0 Å². The van der Waals surface area contributed by atoms with Crippen molar-refractivity contribution in [3.8, 4) is 6.07 Å². The molecule has 21 heavy (non-hydrogen) atoms. The molecule has 0 N–H and O–H groups in total. The molecule has 2 fully saturated rings. The average Bonchev–Trinajstić information content (AvgIpc) is 2.57. The summed E-state index contributed by atoms with van der Waals surface area (Å²) in [6, 6.07) is 13.3. The Balaban J connectivity index is 1.70. The molecule has 1 unspecified atom stereocenters. The first-order chi connectivity index (χ1) is 10.3. The first kappa shape index (κ1) is 14.6. The van der Waals surface area contributed by atoms with Gasteiger partial charge < -0.3 is 0 Å². The van der Waals surface area contributed by atoms with Gasteiger partial charge in [-0.15, -0.1) is 0 Å². The Morgan fingerprint density at radius 3 is 2.48 bits per heavy atom. The van der Waals surface area contributed by atoms with E-state index in [0.717, 1.165) is 45.6 Å². The molecule has 0 bridgehead atoms. The van der Waals surface area contributed by atoms with E-state index in [1.807, 2.05) is 0 Å². The molecule has 0 radical (unpaired) electrons. The second-order valence-corrected chi connectivity index (χ2v) is 6.49. The van der Waals surface area contributed by atoms with Gasteiger partial charge in [-0.1, -0.05) is 36.8 Å². The van der Waals surface area contributed by atoms with Gasteiger partial charge in [0.15, 0.2) is 0 Å². The Hall–Kier alpha value is -1.37. The minimum Gasteiger partial charge on any atom is -0.296 e. The summed E-state index contributed by atoms with van der Waals surface area (Å²) >= 11 is 0. The molecular formula is C18H25N3. The quantitative estimate of drug-likeness (QED) is 0.854. The minimum atomic E-state index is -0.243. The molecule has 3 heteroatoms. The summed E-state index contributed by atoms with van der Waals surface area (Å²) in [6.45, 7) is 5.20. The largest absolute Gasteiger partial charge is 0.296 e. The highest BCUT2D eigenvalue weighted by atomic mass is 15.3. The normalized spacial score (nSPS) is 28.1. The second-order valence-electron chi connectivity index (χ2n) is 6.49. The van der Waals surface area contributed by atoms with Gasteiger partial charge in [-0.25, -0.2) is 0 Å². The highest BCUT2D eigenvalue weighted by Gasteiger charge is 2.41. The van der Waals surface area contributed by atoms with Crippen molar-refractivity contribution in [1.29, 1.82) is 5.26 Å². The lowest BCUT2D eigenvalue weighted by atomic mass is 9.86. The van der Waals surface area contributed by atoms with Crippen molar-refractivity contribution in [3.05, 3.63) is 35.9 Å². The highest BCUT2D eigenvalue weighted by molar-refractivity contribution is 5.17. The number of nitrogens with zero attached hydrogens (tertiary/aromatic N) is 3. The number of nitriles is 1. The van der Waals surface area contributed by atoms with Crippen LogP contribution in [0.5, 0.6) is 0 Å². The van der Waals surface area contributed by atoms with E-state index < -0.39 is 0 Å². The maximum absolute atomic E-state index is 9.86. The molecule has 0 amide bonds. The summed E-state index contributed by atoms with van der Waals surface area (Å²) in [7, 11) is 0. The Kier molecular flexibility index (Phi) is 4.57. The highest BCUT2D eigenvalue weighted by Crippen LogP contribution is 2.30. The van der Waals surface area contributed by atoms with E-state index in [-0.39, 0.29) is 5.54 Å². The zero-order valence-electron chi connectivity index (χ0n) is 12.8. The van der Waals surface area contributed by atoms with Gasteiger partial charge in [0.25, 0.3) is 0 Å². The summed E-state index contributed by atoms with van der Waals surface area (Å²) < 4.78 is 0. The molecule has 112 valence electrons. The minimum absolute atomic E-state index is 0.243. The number of rotatable bonds is 3. The molecular weight excluding hydrogens is 258 g/mol. The van der Waals surface area contributed by atoms with Crippen molar-refractivity contribution >= 4 is 0 Å². The summed E-state index contributed by atoms with van der Waals surface area (Å²) in [5.41, 5.74) is 1.11. The summed E-state index contributed by atoms with van der Waals surface area (Å²) in [5.74, 6) is 0. The average molecular weight is 283 g/mol. The first-order valence-electron chi connectivity index (χ1n) is 8.25. The van der Waals surface area contributed by atoms with E-state index in [2.05, 4.69) is 46.2 Å². The molecule has 0 aromatic heterocycles. The van der Waals surface area contributed by atoms with Gasteiger partial charge in [-0.2, -0.15) is 5.26 Å². The lowest BCUT2D eigenvalue weighted by molar-refractivity contribution is 0.0338. The maximum atomic E-state index is 9.86. The van der Waals surface area contributed by atoms with Crippen LogP contribution in [-0.2, 0) is 6.54 Å². The zero-order valence-corrected chi connectivity index (χ0v) is 12.8. The van der Waals surface area contributed by atoms with Crippen LogP contribution in [0.4, 0.5) is 0 Å². The molecule has 2 aliphatic heterocycles. The Morgan fingerprint density at radius 1 is 1.00 bits per heavy atom. The number of piperidine rings is 2. The number of likely N-dealkylation sites (tertiary alicyclic amines) is 2. The van der Waals surface area contributed by atoms with Gasteiger partial charge in [0.05, 0.1) is 6.07 Å². The number of hydrogen-bond donors (Lipinski definition) is 0. The lowest BCUT2D eigenvalue weighted by Crippen LogP contribution is -2.59. The predicted octanol–water partition coefficient (Wildman–Crippen LogP) is 3.03. The molecule has 1 aromatic carbocycles. The molecule has 0 saturated carbocycles. The zero-order chi connectivity index (χ0) is 14.5. The molecule has 2 heterocycles. The van der Waals surface area contributed by atoms with E-state index in [0.29, 0.717) is 0 Å². The molecule has 0 spiro atoms. The Morgan fingerprint density at radius 2 is 1.76 bits per heavy atom. The van der Waals surface area contributed by atoms with Gasteiger partial charge in [-0.3, -0.25) is 9.80 Å². The van der Waals surface area contributed by atoms with Crippen molar-refractivity contribution in [2.75, 3.05) is 26.2 Å². The standard InChI is InChI=1S/C18H25N3/c19-15-18(21-12-5-2-6-13-21)10-7-11-20(16-18)14-17-8-3-1-4-9-17/h1,3-4,8-9H,2,5-7,10-14,16H2. The van der Waals surface area contributed by atoms with Crippen LogP contribution in [0.1, 0.15) is 37.7 Å². The fourth-order valence-electron chi connectivity index (χ4n) is 3.84. The van der Waals surface area contributed by atoms with Gasteiger partial charge >= 0.3 is 0 Å². The van der Waals surface area contributed by atoms with Gasteiger partial charge in [0, 0.05) is 13.1 Å². The van der Waals surface area contributed by atoms with Crippen LogP contribution in [0.3, 0.4) is 0 Å². The topological polar surface area (TPSA) is 30.3 Å². The fourth-order valence-corrected chi connectivity index (χ4v) is 3.84. The van der Waals surface area contributed by atoms with Crippen molar-refractivity contribution in [2.45, 2.75) is 44.2 Å². The van der Waals surface area contributed by atoms with Gasteiger partial charge in [0.1, 0.15) is 5.54 Å². The summed E-state index contributed by atoms with van der Waals surface area (Å²) in [6.07, 6.45) is 6.00. The number of benzene rings is 1. The molecule has 2 aliphatic rings. The van der Waals surface area contributed by atoms with Crippen LogP contribution in [0, 0.1) is 11.3 Å². The molecule has 2 saturated heterocycles. The Labute approximate surface area is 128 Å². The van der Waals surface area contributed by atoms with E-state index in [4.69, 9.17) is 0 Å². The van der Waals surface area contributed by atoms with Gasteiger partial charge in [0.2, 0.25) is 0 Å². The van der Waals surface area contributed by atoms with Crippen molar-refractivity contribution in [2.24, 2.45) is 0 Å². The van der Waals surface area contributed by atoms with E-state index >= 15 is 0 Å². The van der Waals surface area contributed by atoms with Crippen LogP contribution in [-0.4, -0.2) is 41.5 Å². The van der Waals surface area contributed by atoms with Crippen LogP contribution >= 0.6 is 0 Å². The van der Waals surface area contributed by atoms with E-state index in [9.17, 15) is 5.26 Å². The summed E-state index contributed by atoms with van der Waals surface area (Å²) in [4.78, 5) is 4.93. The number of hydrogen-bond acceptors (Lipinski definition) is 3. The SMILES string of the molecule is N#CC1(N2CCCCC2)CCCN(Cc2ccccc2)C1. The van der Waals surface area contributed by atoms with Crippen LogP contribution < -0.4 is 0 Å². The van der Waals surface area contributed by atoms with Crippen molar-refractivity contribution < 1.29 is 0 Å². The summed E-state index contributed by atoms with van der Waals surface area (Å²) in [5, 5.41) is 9.86. The second kappa shape index (κ2) is 6.60. The lowest BCUT2D eigenvalue weighted by Gasteiger charge is -2.46. The Bertz CT molecular complexity index is 487. The molecule has 1 atom stereocenters. The fraction of sp³-hybridized carbons (Fsp3) is 0.611. The van der Waals surface area contributed by atoms with Crippen LogP contribution in [0.2, 0.25) is 0 Å². The maximum Gasteiger partial charge on any atom is 0.122 e. The van der Waals surface area contributed by atoms with Gasteiger partial charge in [-0.05, 0) is 50.9 Å². The molecule has 0 aliphatic carbocycles. The molecule has 1 aromatic rings. The third kappa shape index (κ3) is 3.28.